The lowest BCUT2D eigenvalue weighted by Gasteiger charge is -2.28. The Morgan fingerprint density at radius 2 is 1.83 bits per heavy atom. The number of nitrogens with zero attached hydrogens (tertiary/aromatic N) is 1. The molecule has 0 aliphatic carbocycles. The Bertz CT molecular complexity index is 499. The first-order chi connectivity index (χ1) is 11.0. The van der Waals surface area contributed by atoms with Crippen LogP contribution in [-0.2, 0) is 16.1 Å². The van der Waals surface area contributed by atoms with E-state index in [2.05, 4.69) is 5.32 Å². The van der Waals surface area contributed by atoms with E-state index in [9.17, 15) is 9.59 Å². The molecule has 23 heavy (non-hydrogen) atoms. The fraction of sp³-hybridized carbons (Fsp3) is 0.556. The van der Waals surface area contributed by atoms with Crippen molar-refractivity contribution in [1.29, 1.82) is 0 Å². The maximum absolute atomic E-state index is 12.4. The maximum Gasteiger partial charge on any atom is 0.242 e. The Labute approximate surface area is 139 Å². The van der Waals surface area contributed by atoms with Crippen molar-refractivity contribution in [3.05, 3.63) is 29.8 Å². The predicted octanol–water partition coefficient (Wildman–Crippen LogP) is 2.74. The highest BCUT2D eigenvalue weighted by atomic mass is 16.5. The summed E-state index contributed by atoms with van der Waals surface area (Å²) in [5.74, 6) is 0.668. The van der Waals surface area contributed by atoms with Crippen LogP contribution in [0.3, 0.4) is 0 Å². The van der Waals surface area contributed by atoms with Crippen LogP contribution in [0.15, 0.2) is 24.3 Å². The van der Waals surface area contributed by atoms with Crippen LogP contribution in [-0.4, -0.2) is 36.4 Å². The van der Waals surface area contributed by atoms with Crippen LogP contribution < -0.4 is 10.1 Å². The number of nitrogens with one attached hydrogen (secondary N) is 1. The highest BCUT2D eigenvalue weighted by Gasteiger charge is 2.25. The molecule has 1 rings (SSSR count). The standard InChI is InChI=1S/C18H28N2O3/c1-5-7-17(21)20(14(3)18(22)19-12-6-2)13-15-8-10-16(23-4)11-9-15/h8-11,14H,5-7,12-13H2,1-4H3,(H,19,22)/t14-/m0/s1. The quantitative estimate of drug-likeness (QED) is 0.761. The van der Waals surface area contributed by atoms with Crippen molar-refractivity contribution in [2.75, 3.05) is 13.7 Å². The number of rotatable bonds is 9. The molecular weight excluding hydrogens is 292 g/mol. The van der Waals surface area contributed by atoms with E-state index in [0.717, 1.165) is 24.2 Å². The van der Waals surface area contributed by atoms with Gasteiger partial charge < -0.3 is 15.0 Å². The molecule has 0 fully saturated rings. The van der Waals surface area contributed by atoms with Gasteiger partial charge in [0.05, 0.1) is 7.11 Å². The van der Waals surface area contributed by atoms with Gasteiger partial charge in [-0.2, -0.15) is 0 Å². The molecule has 1 aromatic carbocycles. The van der Waals surface area contributed by atoms with Gasteiger partial charge in [0, 0.05) is 19.5 Å². The van der Waals surface area contributed by atoms with Crippen LogP contribution in [0.5, 0.6) is 5.75 Å². The van der Waals surface area contributed by atoms with Gasteiger partial charge in [0.25, 0.3) is 0 Å². The molecule has 1 aromatic rings. The van der Waals surface area contributed by atoms with Gasteiger partial charge in [-0.1, -0.05) is 26.0 Å². The molecule has 0 saturated carbocycles. The predicted molar refractivity (Wildman–Crippen MR) is 91.2 cm³/mol. The summed E-state index contributed by atoms with van der Waals surface area (Å²) < 4.78 is 5.15. The number of ether oxygens (including phenoxy) is 1. The third kappa shape index (κ3) is 5.93. The summed E-state index contributed by atoms with van der Waals surface area (Å²) >= 11 is 0. The second kappa shape index (κ2) is 9.87. The van der Waals surface area contributed by atoms with Gasteiger partial charge in [-0.25, -0.2) is 0 Å². The van der Waals surface area contributed by atoms with Crippen molar-refractivity contribution < 1.29 is 14.3 Å². The number of carbonyl (C=O) groups excluding carboxylic acids is 2. The second-order valence-electron chi connectivity index (χ2n) is 5.59. The van der Waals surface area contributed by atoms with Gasteiger partial charge in [0.1, 0.15) is 11.8 Å². The van der Waals surface area contributed by atoms with E-state index in [-0.39, 0.29) is 11.8 Å². The van der Waals surface area contributed by atoms with Crippen LogP contribution in [0, 0.1) is 0 Å². The highest BCUT2D eigenvalue weighted by Crippen LogP contribution is 2.15. The summed E-state index contributed by atoms with van der Waals surface area (Å²) in [4.78, 5) is 26.3. The molecule has 0 heterocycles. The van der Waals surface area contributed by atoms with E-state index >= 15 is 0 Å². The minimum atomic E-state index is -0.484. The van der Waals surface area contributed by atoms with E-state index in [1.165, 1.54) is 0 Å². The third-order valence-electron chi connectivity index (χ3n) is 3.69. The minimum Gasteiger partial charge on any atom is -0.497 e. The average molecular weight is 320 g/mol. The lowest BCUT2D eigenvalue weighted by atomic mass is 10.1. The van der Waals surface area contributed by atoms with Crippen LogP contribution in [0.25, 0.3) is 0 Å². The zero-order valence-corrected chi connectivity index (χ0v) is 14.6. The van der Waals surface area contributed by atoms with Crippen molar-refractivity contribution >= 4 is 11.8 Å². The Balaban J connectivity index is 2.86. The fourth-order valence-electron chi connectivity index (χ4n) is 2.26. The first-order valence-electron chi connectivity index (χ1n) is 8.23. The summed E-state index contributed by atoms with van der Waals surface area (Å²) in [6.45, 7) is 6.79. The molecule has 0 aromatic heterocycles. The lowest BCUT2D eigenvalue weighted by Crippen LogP contribution is -2.47. The zero-order valence-electron chi connectivity index (χ0n) is 14.6. The van der Waals surface area contributed by atoms with Gasteiger partial charge in [0.15, 0.2) is 0 Å². The summed E-state index contributed by atoms with van der Waals surface area (Å²) in [7, 11) is 1.62. The van der Waals surface area contributed by atoms with Crippen LogP contribution in [0.4, 0.5) is 0 Å². The van der Waals surface area contributed by atoms with E-state index < -0.39 is 6.04 Å². The SMILES string of the molecule is CCCNC(=O)[C@H](C)N(Cc1ccc(OC)cc1)C(=O)CCC. The Kier molecular flexibility index (Phi) is 8.16. The minimum absolute atomic E-state index is 0.00228. The molecule has 0 unspecified atom stereocenters. The van der Waals surface area contributed by atoms with Crippen molar-refractivity contribution in [2.45, 2.75) is 52.6 Å². The number of benzene rings is 1. The Morgan fingerprint density at radius 1 is 1.17 bits per heavy atom. The average Bonchev–Trinajstić information content (AvgIpc) is 2.57. The van der Waals surface area contributed by atoms with Crippen molar-refractivity contribution in [1.82, 2.24) is 10.2 Å². The zero-order chi connectivity index (χ0) is 17.2. The summed E-state index contributed by atoms with van der Waals surface area (Å²) in [5.41, 5.74) is 0.977. The van der Waals surface area contributed by atoms with Crippen molar-refractivity contribution in [3.63, 3.8) is 0 Å². The molecule has 0 aliphatic heterocycles. The van der Waals surface area contributed by atoms with Gasteiger partial charge in [-0.15, -0.1) is 0 Å². The van der Waals surface area contributed by atoms with Gasteiger partial charge >= 0.3 is 0 Å². The normalized spacial score (nSPS) is 11.7. The fourth-order valence-corrected chi connectivity index (χ4v) is 2.26. The van der Waals surface area contributed by atoms with Gasteiger partial charge in [0.2, 0.25) is 11.8 Å². The Morgan fingerprint density at radius 3 is 2.35 bits per heavy atom. The molecule has 5 heteroatoms. The number of carbonyl (C=O) groups is 2. The van der Waals surface area contributed by atoms with E-state index in [1.54, 1.807) is 18.9 Å². The molecular formula is C18H28N2O3. The third-order valence-corrected chi connectivity index (χ3v) is 3.69. The summed E-state index contributed by atoms with van der Waals surface area (Å²) in [6, 6.07) is 7.07. The van der Waals surface area contributed by atoms with Crippen molar-refractivity contribution in [2.24, 2.45) is 0 Å². The molecule has 128 valence electrons. The van der Waals surface area contributed by atoms with E-state index in [0.29, 0.717) is 19.5 Å². The smallest absolute Gasteiger partial charge is 0.242 e. The maximum atomic E-state index is 12.4. The molecule has 0 aliphatic rings. The highest BCUT2D eigenvalue weighted by molar-refractivity contribution is 5.87. The topological polar surface area (TPSA) is 58.6 Å². The summed E-state index contributed by atoms with van der Waals surface area (Å²) in [5, 5.41) is 2.86. The number of hydrogen-bond donors (Lipinski definition) is 1. The summed E-state index contributed by atoms with van der Waals surface area (Å²) in [6.07, 6.45) is 2.09. The van der Waals surface area contributed by atoms with Gasteiger partial charge in [-0.05, 0) is 37.5 Å². The molecule has 0 saturated heterocycles. The van der Waals surface area contributed by atoms with Crippen LogP contribution in [0.1, 0.15) is 45.6 Å². The second-order valence-corrected chi connectivity index (χ2v) is 5.59. The monoisotopic (exact) mass is 320 g/mol. The number of methoxy groups -OCH3 is 1. The molecule has 0 spiro atoms. The van der Waals surface area contributed by atoms with E-state index in [4.69, 9.17) is 4.74 Å². The number of amides is 2. The molecule has 1 N–H and O–H groups in total. The number of hydrogen-bond acceptors (Lipinski definition) is 3. The molecule has 0 radical (unpaired) electrons. The largest absolute Gasteiger partial charge is 0.497 e. The molecule has 0 bridgehead atoms. The van der Waals surface area contributed by atoms with E-state index in [1.807, 2.05) is 38.1 Å². The molecule has 2 amide bonds. The van der Waals surface area contributed by atoms with Crippen LogP contribution >= 0.6 is 0 Å². The van der Waals surface area contributed by atoms with Crippen LogP contribution in [0.2, 0.25) is 0 Å². The first-order valence-corrected chi connectivity index (χ1v) is 8.23. The van der Waals surface area contributed by atoms with Crippen molar-refractivity contribution in [3.8, 4) is 5.75 Å². The molecule has 1 atom stereocenters. The Hall–Kier alpha value is -2.04. The van der Waals surface area contributed by atoms with Gasteiger partial charge in [-0.3, -0.25) is 9.59 Å². The first kappa shape index (κ1) is 19.0. The molecule has 5 nitrogen and oxygen atoms in total. The lowest BCUT2D eigenvalue weighted by molar-refractivity contribution is -0.140.